The Morgan fingerprint density at radius 2 is 2.41 bits per heavy atom. The minimum absolute atomic E-state index is 0.0498. The molecule has 0 unspecified atom stereocenters. The molecule has 0 aliphatic carbocycles. The van der Waals surface area contributed by atoms with E-state index >= 15 is 0 Å². The van der Waals surface area contributed by atoms with Crippen LogP contribution in [0, 0.1) is 6.92 Å². The van der Waals surface area contributed by atoms with E-state index in [1.165, 1.54) is 11.3 Å². The van der Waals surface area contributed by atoms with Crippen LogP contribution in [0.4, 0.5) is 4.79 Å². The number of carbonyl (C=O) groups excluding carboxylic acids is 2. The number of thiophene rings is 1. The molecule has 1 aromatic rings. The van der Waals surface area contributed by atoms with Gasteiger partial charge in [0.1, 0.15) is 0 Å². The number of amides is 3. The molecule has 0 aromatic carbocycles. The molecule has 1 aliphatic heterocycles. The van der Waals surface area contributed by atoms with Gasteiger partial charge in [0.2, 0.25) is 0 Å². The molecule has 1 saturated heterocycles. The summed E-state index contributed by atoms with van der Waals surface area (Å²) in [5, 5.41) is 5.53. The van der Waals surface area contributed by atoms with Crippen LogP contribution in [0.15, 0.2) is 12.1 Å². The first-order valence-corrected chi connectivity index (χ1v) is 6.36. The first-order chi connectivity index (χ1) is 8.16. The molecule has 2 N–H and O–H groups in total. The maximum atomic E-state index is 11.7. The fourth-order valence-corrected chi connectivity index (χ4v) is 2.46. The van der Waals surface area contributed by atoms with Crippen molar-refractivity contribution in [2.75, 3.05) is 26.2 Å². The van der Waals surface area contributed by atoms with Gasteiger partial charge in [-0.25, -0.2) is 4.79 Å². The molecule has 0 atom stereocenters. The van der Waals surface area contributed by atoms with Gasteiger partial charge in [0.15, 0.2) is 0 Å². The van der Waals surface area contributed by atoms with Crippen LogP contribution < -0.4 is 10.6 Å². The van der Waals surface area contributed by atoms with E-state index in [9.17, 15) is 9.59 Å². The topological polar surface area (TPSA) is 61.4 Å². The monoisotopic (exact) mass is 253 g/mol. The van der Waals surface area contributed by atoms with Crippen molar-refractivity contribution in [3.8, 4) is 0 Å². The Labute approximate surface area is 104 Å². The highest BCUT2D eigenvalue weighted by atomic mass is 32.1. The Hall–Kier alpha value is -1.56. The number of hydrogen-bond donors (Lipinski definition) is 2. The minimum Gasteiger partial charge on any atom is -0.350 e. The summed E-state index contributed by atoms with van der Waals surface area (Å²) in [7, 11) is 0. The van der Waals surface area contributed by atoms with Crippen molar-refractivity contribution in [2.24, 2.45) is 0 Å². The predicted molar refractivity (Wildman–Crippen MR) is 66.4 cm³/mol. The molecule has 2 rings (SSSR count). The minimum atomic E-state index is -0.0669. The number of nitrogens with one attached hydrogen (secondary N) is 2. The van der Waals surface area contributed by atoms with Gasteiger partial charge in [-0.3, -0.25) is 4.79 Å². The molecule has 2 heterocycles. The second-order valence-corrected chi connectivity index (χ2v) is 5.17. The Kier molecular flexibility index (Phi) is 3.63. The van der Waals surface area contributed by atoms with Gasteiger partial charge in [-0.1, -0.05) is 0 Å². The summed E-state index contributed by atoms with van der Waals surface area (Å²) in [6.45, 7) is 4.42. The van der Waals surface area contributed by atoms with Crippen LogP contribution in [0.2, 0.25) is 0 Å². The number of carbonyl (C=O) groups is 2. The summed E-state index contributed by atoms with van der Waals surface area (Å²) in [5.41, 5.74) is 0. The lowest BCUT2D eigenvalue weighted by Crippen LogP contribution is -2.36. The van der Waals surface area contributed by atoms with Crippen molar-refractivity contribution >= 4 is 23.3 Å². The average molecular weight is 253 g/mol. The zero-order valence-electron chi connectivity index (χ0n) is 9.66. The lowest BCUT2D eigenvalue weighted by atomic mass is 10.4. The molecule has 0 bridgehead atoms. The van der Waals surface area contributed by atoms with Gasteiger partial charge in [0.25, 0.3) is 5.91 Å². The standard InChI is InChI=1S/C11H15N3O2S/c1-8-2-3-9(17-8)10(15)12-4-6-14-7-5-13-11(14)16/h2-3H,4-7H2,1H3,(H,12,15)(H,13,16). The highest BCUT2D eigenvalue weighted by Gasteiger charge is 2.18. The fraction of sp³-hybridized carbons (Fsp3) is 0.455. The summed E-state index contributed by atoms with van der Waals surface area (Å²) >= 11 is 1.47. The summed E-state index contributed by atoms with van der Waals surface area (Å²) in [4.78, 5) is 26.5. The van der Waals surface area contributed by atoms with Crippen molar-refractivity contribution in [3.05, 3.63) is 21.9 Å². The second-order valence-electron chi connectivity index (χ2n) is 3.89. The van der Waals surface area contributed by atoms with E-state index in [1.807, 2.05) is 19.1 Å². The number of aryl methyl sites for hydroxylation is 1. The van der Waals surface area contributed by atoms with Crippen LogP contribution in [-0.4, -0.2) is 43.0 Å². The van der Waals surface area contributed by atoms with Crippen molar-refractivity contribution in [1.82, 2.24) is 15.5 Å². The van der Waals surface area contributed by atoms with Crippen LogP contribution in [0.5, 0.6) is 0 Å². The average Bonchev–Trinajstić information content (AvgIpc) is 2.88. The Balaban J connectivity index is 1.75. The highest BCUT2D eigenvalue weighted by Crippen LogP contribution is 2.14. The van der Waals surface area contributed by atoms with Gasteiger partial charge in [0, 0.05) is 31.1 Å². The van der Waals surface area contributed by atoms with E-state index in [0.717, 1.165) is 4.88 Å². The zero-order valence-corrected chi connectivity index (χ0v) is 10.5. The largest absolute Gasteiger partial charge is 0.350 e. The Bertz CT molecular complexity index is 430. The summed E-state index contributed by atoms with van der Waals surface area (Å²) in [6.07, 6.45) is 0. The molecule has 6 heteroatoms. The van der Waals surface area contributed by atoms with Crippen molar-refractivity contribution < 1.29 is 9.59 Å². The summed E-state index contributed by atoms with van der Waals surface area (Å²) < 4.78 is 0. The molecule has 1 fully saturated rings. The molecule has 1 aromatic heterocycles. The third kappa shape index (κ3) is 2.97. The molecular weight excluding hydrogens is 238 g/mol. The molecule has 0 spiro atoms. The third-order valence-corrected chi connectivity index (χ3v) is 3.58. The Morgan fingerprint density at radius 3 is 3.00 bits per heavy atom. The van der Waals surface area contributed by atoms with Crippen LogP contribution in [0.1, 0.15) is 14.5 Å². The maximum absolute atomic E-state index is 11.7. The maximum Gasteiger partial charge on any atom is 0.317 e. The smallest absolute Gasteiger partial charge is 0.317 e. The summed E-state index contributed by atoms with van der Waals surface area (Å²) in [5.74, 6) is -0.0669. The highest BCUT2D eigenvalue weighted by molar-refractivity contribution is 7.13. The molecular formula is C11H15N3O2S. The van der Waals surface area contributed by atoms with Crippen molar-refractivity contribution in [2.45, 2.75) is 6.92 Å². The third-order valence-electron chi connectivity index (χ3n) is 2.58. The van der Waals surface area contributed by atoms with Gasteiger partial charge < -0.3 is 15.5 Å². The number of nitrogens with zero attached hydrogens (tertiary/aromatic N) is 1. The molecule has 92 valence electrons. The van der Waals surface area contributed by atoms with Crippen molar-refractivity contribution in [3.63, 3.8) is 0 Å². The van der Waals surface area contributed by atoms with Gasteiger partial charge in [-0.05, 0) is 19.1 Å². The second kappa shape index (κ2) is 5.18. The molecule has 17 heavy (non-hydrogen) atoms. The van der Waals surface area contributed by atoms with Crippen LogP contribution in [0.25, 0.3) is 0 Å². The van der Waals surface area contributed by atoms with Crippen LogP contribution >= 0.6 is 11.3 Å². The van der Waals surface area contributed by atoms with Gasteiger partial charge in [0.05, 0.1) is 4.88 Å². The first-order valence-electron chi connectivity index (χ1n) is 5.54. The van der Waals surface area contributed by atoms with E-state index in [-0.39, 0.29) is 11.9 Å². The number of rotatable bonds is 4. The van der Waals surface area contributed by atoms with Gasteiger partial charge in [-0.2, -0.15) is 0 Å². The predicted octanol–water partition coefficient (Wildman–Crippen LogP) is 0.812. The normalized spacial score (nSPS) is 14.9. The van der Waals surface area contributed by atoms with E-state index in [0.29, 0.717) is 31.1 Å². The van der Waals surface area contributed by atoms with Gasteiger partial charge in [-0.15, -0.1) is 11.3 Å². The first kappa shape index (κ1) is 11.9. The van der Waals surface area contributed by atoms with Crippen LogP contribution in [0.3, 0.4) is 0 Å². The molecule has 0 radical (unpaired) electrons. The van der Waals surface area contributed by atoms with E-state index in [4.69, 9.17) is 0 Å². The van der Waals surface area contributed by atoms with Gasteiger partial charge >= 0.3 is 6.03 Å². The lowest BCUT2D eigenvalue weighted by molar-refractivity contribution is 0.0954. The van der Waals surface area contributed by atoms with E-state index in [1.54, 1.807) is 4.90 Å². The lowest BCUT2D eigenvalue weighted by Gasteiger charge is -2.13. The molecule has 0 saturated carbocycles. The number of urea groups is 1. The molecule has 5 nitrogen and oxygen atoms in total. The van der Waals surface area contributed by atoms with Crippen LogP contribution in [-0.2, 0) is 0 Å². The summed E-state index contributed by atoms with van der Waals surface area (Å²) in [6, 6.07) is 3.69. The zero-order chi connectivity index (χ0) is 12.3. The number of hydrogen-bond acceptors (Lipinski definition) is 3. The van der Waals surface area contributed by atoms with E-state index < -0.39 is 0 Å². The quantitative estimate of drug-likeness (QED) is 0.834. The molecule has 3 amide bonds. The molecule has 1 aliphatic rings. The van der Waals surface area contributed by atoms with E-state index in [2.05, 4.69) is 10.6 Å². The van der Waals surface area contributed by atoms with Crippen molar-refractivity contribution in [1.29, 1.82) is 0 Å². The fourth-order valence-electron chi connectivity index (χ4n) is 1.67. The SMILES string of the molecule is Cc1ccc(C(=O)NCCN2CCNC2=O)s1. The Morgan fingerprint density at radius 1 is 1.59 bits per heavy atom.